The van der Waals surface area contributed by atoms with Crippen LogP contribution in [0.3, 0.4) is 0 Å². The van der Waals surface area contributed by atoms with E-state index < -0.39 is 0 Å². The number of hydrogen-bond donors (Lipinski definition) is 2. The number of halogens is 1. The highest BCUT2D eigenvalue weighted by Gasteiger charge is 2.08. The van der Waals surface area contributed by atoms with E-state index in [2.05, 4.69) is 15.6 Å². The molecule has 3 aromatic rings. The molecule has 0 atom stereocenters. The number of nitrogens with zero attached hydrogens (tertiary/aromatic N) is 1. The Hall–Kier alpha value is -2.73. The van der Waals surface area contributed by atoms with Crippen LogP contribution in [0.15, 0.2) is 54.7 Å². The monoisotopic (exact) mass is 341 g/mol. The van der Waals surface area contributed by atoms with E-state index in [1.165, 1.54) is 12.1 Å². The molecule has 3 rings (SSSR count). The molecule has 2 N–H and O–H groups in total. The van der Waals surface area contributed by atoms with Crippen LogP contribution in [0.1, 0.15) is 5.56 Å². The third-order valence-electron chi connectivity index (χ3n) is 3.57. The van der Waals surface area contributed by atoms with Gasteiger partial charge in [-0.2, -0.15) is 0 Å². The summed E-state index contributed by atoms with van der Waals surface area (Å²) in [6, 6.07) is 13.9. The van der Waals surface area contributed by atoms with E-state index in [1.807, 2.05) is 24.3 Å². The standard InChI is InChI=1S/C18H16FN3OS/c1-23-16-9-8-15(14-3-2-10-20-17(14)16)22-18(24)21-11-12-4-6-13(19)7-5-12/h2-10H,11H2,1H3,(H2,21,22,24). The maximum atomic E-state index is 12.9. The first-order valence-electron chi connectivity index (χ1n) is 7.38. The van der Waals surface area contributed by atoms with Crippen LogP contribution >= 0.6 is 12.2 Å². The number of fused-ring (bicyclic) bond motifs is 1. The molecule has 4 nitrogen and oxygen atoms in total. The van der Waals surface area contributed by atoms with Crippen molar-refractivity contribution in [2.45, 2.75) is 6.54 Å². The highest BCUT2D eigenvalue weighted by molar-refractivity contribution is 7.80. The van der Waals surface area contributed by atoms with Gasteiger partial charge in [0, 0.05) is 23.8 Å². The molecule has 6 heteroatoms. The average molecular weight is 341 g/mol. The van der Waals surface area contributed by atoms with E-state index in [0.717, 1.165) is 22.2 Å². The summed E-state index contributed by atoms with van der Waals surface area (Å²) in [6.07, 6.45) is 1.72. The number of pyridine rings is 1. The quantitative estimate of drug-likeness (QED) is 0.706. The minimum atomic E-state index is -0.253. The summed E-state index contributed by atoms with van der Waals surface area (Å²) in [4.78, 5) is 4.36. The van der Waals surface area contributed by atoms with Crippen molar-refractivity contribution < 1.29 is 9.13 Å². The van der Waals surface area contributed by atoms with Crippen LogP contribution in [-0.4, -0.2) is 17.2 Å². The fourth-order valence-corrected chi connectivity index (χ4v) is 2.55. The van der Waals surface area contributed by atoms with Crippen LogP contribution in [0.4, 0.5) is 10.1 Å². The molecule has 122 valence electrons. The van der Waals surface area contributed by atoms with Gasteiger partial charge in [-0.3, -0.25) is 4.98 Å². The first-order valence-corrected chi connectivity index (χ1v) is 7.79. The van der Waals surface area contributed by atoms with E-state index >= 15 is 0 Å². The molecule has 0 radical (unpaired) electrons. The van der Waals surface area contributed by atoms with Gasteiger partial charge in [0.15, 0.2) is 5.11 Å². The van der Waals surface area contributed by atoms with Gasteiger partial charge in [0.25, 0.3) is 0 Å². The SMILES string of the molecule is COc1ccc(NC(=S)NCc2ccc(F)cc2)c2cccnc12. The molecule has 0 unspecified atom stereocenters. The largest absolute Gasteiger partial charge is 0.494 e. The molecule has 24 heavy (non-hydrogen) atoms. The van der Waals surface area contributed by atoms with Crippen molar-refractivity contribution in [3.8, 4) is 5.75 Å². The maximum absolute atomic E-state index is 12.9. The number of aromatic nitrogens is 1. The maximum Gasteiger partial charge on any atom is 0.171 e. The minimum Gasteiger partial charge on any atom is -0.494 e. The van der Waals surface area contributed by atoms with Crippen molar-refractivity contribution >= 4 is 33.9 Å². The third kappa shape index (κ3) is 3.60. The molecule has 0 spiro atoms. The molecule has 0 bridgehead atoms. The van der Waals surface area contributed by atoms with Crippen LogP contribution in [-0.2, 0) is 6.54 Å². The van der Waals surface area contributed by atoms with E-state index in [0.29, 0.717) is 17.4 Å². The van der Waals surface area contributed by atoms with E-state index in [9.17, 15) is 4.39 Å². The lowest BCUT2D eigenvalue weighted by molar-refractivity contribution is 0.419. The predicted octanol–water partition coefficient (Wildman–Crippen LogP) is 3.87. The van der Waals surface area contributed by atoms with Crippen molar-refractivity contribution in [2.75, 3.05) is 12.4 Å². The number of hydrogen-bond acceptors (Lipinski definition) is 3. The van der Waals surface area contributed by atoms with Crippen LogP contribution < -0.4 is 15.4 Å². The summed E-state index contributed by atoms with van der Waals surface area (Å²) in [5.41, 5.74) is 2.56. The lowest BCUT2D eigenvalue weighted by Gasteiger charge is -2.14. The average Bonchev–Trinajstić information content (AvgIpc) is 2.61. The number of methoxy groups -OCH3 is 1. The third-order valence-corrected chi connectivity index (χ3v) is 3.81. The molecule has 0 amide bonds. The Kier molecular flexibility index (Phi) is 4.86. The van der Waals surface area contributed by atoms with E-state index in [-0.39, 0.29) is 5.82 Å². The smallest absolute Gasteiger partial charge is 0.171 e. The molecule has 1 aromatic heterocycles. The number of nitrogens with one attached hydrogen (secondary N) is 2. The summed E-state index contributed by atoms with van der Waals surface area (Å²) < 4.78 is 18.2. The van der Waals surface area contributed by atoms with Gasteiger partial charge >= 0.3 is 0 Å². The Labute approximate surface area is 144 Å². The van der Waals surface area contributed by atoms with Gasteiger partial charge in [-0.1, -0.05) is 12.1 Å². The van der Waals surface area contributed by atoms with Gasteiger partial charge in [-0.05, 0) is 54.2 Å². The van der Waals surface area contributed by atoms with Gasteiger partial charge in [-0.15, -0.1) is 0 Å². The summed E-state index contributed by atoms with van der Waals surface area (Å²) in [7, 11) is 1.62. The highest BCUT2D eigenvalue weighted by Crippen LogP contribution is 2.29. The fraction of sp³-hybridized carbons (Fsp3) is 0.111. The first kappa shape index (κ1) is 16.1. The Morgan fingerprint density at radius 3 is 2.71 bits per heavy atom. The lowest BCUT2D eigenvalue weighted by atomic mass is 10.1. The summed E-state index contributed by atoms with van der Waals surface area (Å²) >= 11 is 5.34. The molecular weight excluding hydrogens is 325 g/mol. The number of ether oxygens (including phenoxy) is 1. The lowest BCUT2D eigenvalue weighted by Crippen LogP contribution is -2.28. The summed E-state index contributed by atoms with van der Waals surface area (Å²) in [5.74, 6) is 0.456. The van der Waals surface area contributed by atoms with Gasteiger partial charge in [0.05, 0.1) is 7.11 Å². The van der Waals surface area contributed by atoms with Crippen molar-refractivity contribution in [2.24, 2.45) is 0 Å². The summed E-state index contributed by atoms with van der Waals surface area (Å²) in [6.45, 7) is 0.512. The van der Waals surface area contributed by atoms with Gasteiger partial charge in [0.2, 0.25) is 0 Å². The molecular formula is C18H16FN3OS. The van der Waals surface area contributed by atoms with Gasteiger partial charge < -0.3 is 15.4 Å². The summed E-state index contributed by atoms with van der Waals surface area (Å²) in [5, 5.41) is 7.68. The van der Waals surface area contributed by atoms with Crippen molar-refractivity contribution in [3.63, 3.8) is 0 Å². The molecule has 0 fully saturated rings. The zero-order valence-electron chi connectivity index (χ0n) is 13.0. The number of rotatable bonds is 4. The Morgan fingerprint density at radius 2 is 1.96 bits per heavy atom. The van der Waals surface area contributed by atoms with Gasteiger partial charge in [0.1, 0.15) is 17.1 Å². The van der Waals surface area contributed by atoms with Gasteiger partial charge in [-0.25, -0.2) is 4.39 Å². The topological polar surface area (TPSA) is 46.2 Å². The zero-order chi connectivity index (χ0) is 16.9. The van der Waals surface area contributed by atoms with Crippen LogP contribution in [0.25, 0.3) is 10.9 Å². The highest BCUT2D eigenvalue weighted by atomic mass is 32.1. The second-order valence-corrected chi connectivity index (χ2v) is 5.56. The normalized spacial score (nSPS) is 10.4. The molecule has 2 aromatic carbocycles. The van der Waals surface area contributed by atoms with Crippen LogP contribution in [0.2, 0.25) is 0 Å². The molecule has 0 aliphatic rings. The molecule has 0 saturated heterocycles. The number of benzene rings is 2. The van der Waals surface area contributed by atoms with Crippen molar-refractivity contribution in [1.82, 2.24) is 10.3 Å². The van der Waals surface area contributed by atoms with E-state index in [4.69, 9.17) is 17.0 Å². The van der Waals surface area contributed by atoms with Crippen molar-refractivity contribution in [3.05, 3.63) is 66.1 Å². The molecule has 0 aliphatic heterocycles. The zero-order valence-corrected chi connectivity index (χ0v) is 13.9. The van der Waals surface area contributed by atoms with Crippen molar-refractivity contribution in [1.29, 1.82) is 0 Å². The predicted molar refractivity (Wildman–Crippen MR) is 97.8 cm³/mol. The molecule has 0 aliphatic carbocycles. The first-order chi connectivity index (χ1) is 11.7. The Balaban J connectivity index is 1.72. The second kappa shape index (κ2) is 7.23. The fourth-order valence-electron chi connectivity index (χ4n) is 2.37. The Bertz CT molecular complexity index is 868. The Morgan fingerprint density at radius 1 is 1.17 bits per heavy atom. The number of thiocarbonyl (C=S) groups is 1. The van der Waals surface area contributed by atoms with E-state index in [1.54, 1.807) is 25.4 Å². The number of anilines is 1. The molecule has 0 saturated carbocycles. The molecule has 1 heterocycles. The minimum absolute atomic E-state index is 0.253. The van der Waals surface area contributed by atoms with Crippen LogP contribution in [0, 0.1) is 5.82 Å². The second-order valence-electron chi connectivity index (χ2n) is 5.15. The van der Waals surface area contributed by atoms with Crippen LogP contribution in [0.5, 0.6) is 5.75 Å².